The van der Waals surface area contributed by atoms with E-state index >= 15 is 0 Å². The van der Waals surface area contributed by atoms with Gasteiger partial charge in [-0.2, -0.15) is 13.2 Å². The van der Waals surface area contributed by atoms with E-state index in [1.54, 1.807) is 6.20 Å². The fraction of sp³-hybridized carbons (Fsp3) is 0.250. The van der Waals surface area contributed by atoms with E-state index in [1.165, 1.54) is 30.5 Å². The number of rotatable bonds is 3. The first-order chi connectivity index (χ1) is 8.90. The molecule has 2 rings (SSSR count). The topological polar surface area (TPSA) is 50.9 Å². The normalized spacial score (nSPS) is 11.6. The Bertz CT molecular complexity index is 578. The average Bonchev–Trinajstić information content (AvgIpc) is 2.73. The lowest BCUT2D eigenvalue weighted by Gasteiger charge is -2.13. The number of hydrogen-bond donors (Lipinski definition) is 2. The van der Waals surface area contributed by atoms with Crippen LogP contribution in [0.3, 0.4) is 0 Å². The van der Waals surface area contributed by atoms with Gasteiger partial charge in [-0.1, -0.05) is 6.07 Å². The van der Waals surface area contributed by atoms with Crippen LogP contribution in [0.4, 0.5) is 24.0 Å². The number of aromatic nitrogens is 1. The Hall–Kier alpha value is -1.76. The lowest BCUT2D eigenvalue weighted by atomic mass is 10.1. The Labute approximate surface area is 112 Å². The van der Waals surface area contributed by atoms with Crippen LogP contribution in [0.2, 0.25) is 0 Å². The van der Waals surface area contributed by atoms with Gasteiger partial charge in [-0.25, -0.2) is 4.98 Å². The molecule has 7 heteroatoms. The zero-order valence-corrected chi connectivity index (χ0v) is 10.9. The molecule has 102 valence electrons. The fourth-order valence-electron chi connectivity index (χ4n) is 1.76. The van der Waals surface area contributed by atoms with Crippen molar-refractivity contribution in [2.24, 2.45) is 0 Å². The van der Waals surface area contributed by atoms with E-state index < -0.39 is 11.7 Å². The molecule has 3 nitrogen and oxygen atoms in total. The van der Waals surface area contributed by atoms with Gasteiger partial charge in [-0.3, -0.25) is 0 Å². The number of nitrogens with two attached hydrogens (primary N) is 1. The summed E-state index contributed by atoms with van der Waals surface area (Å²) in [6, 6.07) is 4.06. The molecule has 3 N–H and O–H groups in total. The summed E-state index contributed by atoms with van der Waals surface area (Å²) in [5.74, 6) is 0. The maximum Gasteiger partial charge on any atom is 0.418 e. The molecule has 0 unspecified atom stereocenters. The van der Waals surface area contributed by atoms with Crippen molar-refractivity contribution in [2.45, 2.75) is 12.6 Å². The van der Waals surface area contributed by atoms with Gasteiger partial charge in [0.05, 0.1) is 5.56 Å². The van der Waals surface area contributed by atoms with Crippen molar-refractivity contribution in [3.05, 3.63) is 40.4 Å². The minimum absolute atomic E-state index is 0.0717. The Balaban J connectivity index is 2.29. The minimum atomic E-state index is -4.36. The second-order valence-electron chi connectivity index (χ2n) is 3.97. The summed E-state index contributed by atoms with van der Waals surface area (Å²) in [5.41, 5.74) is 5.70. The van der Waals surface area contributed by atoms with Crippen molar-refractivity contribution in [1.29, 1.82) is 0 Å². The molecule has 0 bridgehead atoms. The molecule has 0 fully saturated rings. The van der Waals surface area contributed by atoms with Crippen LogP contribution in [-0.4, -0.2) is 12.0 Å². The van der Waals surface area contributed by atoms with Gasteiger partial charge < -0.3 is 11.1 Å². The first-order valence-electron chi connectivity index (χ1n) is 5.48. The summed E-state index contributed by atoms with van der Waals surface area (Å²) in [6.45, 7) is 0. The van der Waals surface area contributed by atoms with E-state index in [-0.39, 0.29) is 5.69 Å². The summed E-state index contributed by atoms with van der Waals surface area (Å²) in [6.07, 6.45) is -2.20. The van der Waals surface area contributed by atoms with Crippen molar-refractivity contribution in [3.8, 4) is 0 Å². The highest BCUT2D eigenvalue weighted by Crippen LogP contribution is 2.35. The highest BCUT2D eigenvalue weighted by atomic mass is 32.1. The predicted molar refractivity (Wildman–Crippen MR) is 70.3 cm³/mol. The molecule has 0 aliphatic rings. The Kier molecular flexibility index (Phi) is 3.66. The van der Waals surface area contributed by atoms with Crippen molar-refractivity contribution in [2.75, 3.05) is 18.1 Å². The lowest BCUT2D eigenvalue weighted by Crippen LogP contribution is -2.09. The third-order valence-electron chi connectivity index (χ3n) is 2.61. The van der Waals surface area contributed by atoms with Gasteiger partial charge in [0.15, 0.2) is 5.13 Å². The standard InChI is InChI=1S/C12H12F3N3S/c1-17-10-5-7(2-3-9(10)12(13,14)15)4-8-6-18-11(16)19-8/h2-3,5-6,17H,4H2,1H3,(H2,16,18). The van der Waals surface area contributed by atoms with Gasteiger partial charge >= 0.3 is 6.18 Å². The average molecular weight is 287 g/mol. The summed E-state index contributed by atoms with van der Waals surface area (Å²) in [4.78, 5) is 4.83. The number of hydrogen-bond acceptors (Lipinski definition) is 4. The third-order valence-corrected chi connectivity index (χ3v) is 3.44. The van der Waals surface area contributed by atoms with Gasteiger partial charge in [-0.05, 0) is 17.7 Å². The monoisotopic (exact) mass is 287 g/mol. The molecule has 1 aromatic carbocycles. The Morgan fingerprint density at radius 2 is 2.11 bits per heavy atom. The van der Waals surface area contributed by atoms with Crippen molar-refractivity contribution < 1.29 is 13.2 Å². The van der Waals surface area contributed by atoms with Crippen LogP contribution < -0.4 is 11.1 Å². The van der Waals surface area contributed by atoms with E-state index in [2.05, 4.69) is 10.3 Å². The van der Waals surface area contributed by atoms with Crippen LogP contribution in [0.15, 0.2) is 24.4 Å². The van der Waals surface area contributed by atoms with Crippen LogP contribution in [0.5, 0.6) is 0 Å². The number of halogens is 3. The molecule has 0 amide bonds. The van der Waals surface area contributed by atoms with Crippen LogP contribution in [0.25, 0.3) is 0 Å². The van der Waals surface area contributed by atoms with Gasteiger partial charge in [-0.15, -0.1) is 11.3 Å². The van der Waals surface area contributed by atoms with E-state index in [4.69, 9.17) is 5.73 Å². The van der Waals surface area contributed by atoms with Crippen molar-refractivity contribution >= 4 is 22.2 Å². The molecule has 0 saturated carbocycles. The maximum atomic E-state index is 12.7. The molecule has 1 heterocycles. The summed E-state index contributed by atoms with van der Waals surface area (Å²) in [7, 11) is 1.47. The summed E-state index contributed by atoms with van der Waals surface area (Å²) >= 11 is 1.33. The van der Waals surface area contributed by atoms with Crippen LogP contribution in [0.1, 0.15) is 16.0 Å². The van der Waals surface area contributed by atoms with Gasteiger partial charge in [0.2, 0.25) is 0 Å². The number of alkyl halides is 3. The number of nitrogens with zero attached hydrogens (tertiary/aromatic N) is 1. The molecular formula is C12H12F3N3S. The largest absolute Gasteiger partial charge is 0.418 e. The van der Waals surface area contributed by atoms with Crippen molar-refractivity contribution in [3.63, 3.8) is 0 Å². The van der Waals surface area contributed by atoms with Gasteiger partial charge in [0.1, 0.15) is 0 Å². The SMILES string of the molecule is CNc1cc(Cc2cnc(N)s2)ccc1C(F)(F)F. The Morgan fingerprint density at radius 1 is 1.37 bits per heavy atom. The summed E-state index contributed by atoms with van der Waals surface area (Å²) < 4.78 is 38.2. The van der Waals surface area contributed by atoms with E-state index in [9.17, 15) is 13.2 Å². The van der Waals surface area contributed by atoms with Crippen LogP contribution >= 0.6 is 11.3 Å². The minimum Gasteiger partial charge on any atom is -0.388 e. The molecule has 0 saturated heterocycles. The fourth-order valence-corrected chi connectivity index (χ4v) is 2.48. The number of nitrogens with one attached hydrogen (secondary N) is 1. The Morgan fingerprint density at radius 3 is 2.63 bits per heavy atom. The molecule has 19 heavy (non-hydrogen) atoms. The van der Waals surface area contributed by atoms with Gasteiger partial charge in [0, 0.05) is 30.2 Å². The molecule has 2 aromatic rings. The lowest BCUT2D eigenvalue weighted by molar-refractivity contribution is -0.136. The van der Waals surface area contributed by atoms with Gasteiger partial charge in [0.25, 0.3) is 0 Å². The molecule has 1 aromatic heterocycles. The van der Waals surface area contributed by atoms with E-state index in [0.717, 1.165) is 16.5 Å². The van der Waals surface area contributed by atoms with E-state index in [0.29, 0.717) is 11.6 Å². The van der Waals surface area contributed by atoms with Crippen LogP contribution in [-0.2, 0) is 12.6 Å². The van der Waals surface area contributed by atoms with Crippen LogP contribution in [0, 0.1) is 0 Å². The predicted octanol–water partition coefficient (Wildman–Crippen LogP) is 3.38. The first-order valence-corrected chi connectivity index (χ1v) is 6.30. The number of thiazole rings is 1. The molecular weight excluding hydrogens is 275 g/mol. The number of benzene rings is 1. The highest BCUT2D eigenvalue weighted by molar-refractivity contribution is 7.15. The zero-order valence-electron chi connectivity index (χ0n) is 10.1. The quantitative estimate of drug-likeness (QED) is 0.910. The smallest absolute Gasteiger partial charge is 0.388 e. The highest BCUT2D eigenvalue weighted by Gasteiger charge is 2.33. The van der Waals surface area contributed by atoms with Crippen molar-refractivity contribution in [1.82, 2.24) is 4.98 Å². The second-order valence-corrected chi connectivity index (χ2v) is 5.12. The molecule has 0 aliphatic heterocycles. The molecule has 0 spiro atoms. The van der Waals surface area contributed by atoms with E-state index in [1.807, 2.05) is 0 Å². The molecule has 0 radical (unpaired) electrons. The first kappa shape index (κ1) is 13.7. The number of anilines is 2. The summed E-state index contributed by atoms with van der Waals surface area (Å²) in [5, 5.41) is 3.03. The molecule has 0 atom stereocenters. The third kappa shape index (κ3) is 3.17. The molecule has 0 aliphatic carbocycles. The second kappa shape index (κ2) is 5.08. The maximum absolute atomic E-state index is 12.7. The number of nitrogen functional groups attached to an aromatic ring is 1. The zero-order chi connectivity index (χ0) is 14.0.